The van der Waals surface area contributed by atoms with Crippen LogP contribution in [0.3, 0.4) is 0 Å². The number of nitrogens with zero attached hydrogens (tertiary/aromatic N) is 3. The fourth-order valence-corrected chi connectivity index (χ4v) is 7.29. The SMILES string of the molecule is Cc1cc(C)c2nc(N(Cc3ccco3)C(=O)C3CCCN(S(=O)(=O)c4ccccc4)C3)sc2c1. The average Bonchev–Trinajstić information content (AvgIpc) is 3.53. The normalized spacial score (nSPS) is 17.0. The van der Waals surface area contributed by atoms with Gasteiger partial charge in [0.15, 0.2) is 5.13 Å². The van der Waals surface area contributed by atoms with Crippen LogP contribution in [0.2, 0.25) is 0 Å². The third-order valence-electron chi connectivity index (χ3n) is 6.32. The van der Waals surface area contributed by atoms with Crippen LogP contribution in [0.5, 0.6) is 0 Å². The van der Waals surface area contributed by atoms with Crippen LogP contribution in [0.4, 0.5) is 5.13 Å². The number of benzene rings is 2. The third-order valence-corrected chi connectivity index (χ3v) is 9.23. The first-order valence-corrected chi connectivity index (χ1v) is 13.9. The van der Waals surface area contributed by atoms with Gasteiger partial charge in [-0.15, -0.1) is 0 Å². The van der Waals surface area contributed by atoms with Crippen molar-refractivity contribution in [1.82, 2.24) is 9.29 Å². The number of furan rings is 1. The number of hydrogen-bond acceptors (Lipinski definition) is 6. The number of aromatic nitrogens is 1. The van der Waals surface area contributed by atoms with Gasteiger partial charge >= 0.3 is 0 Å². The highest BCUT2D eigenvalue weighted by molar-refractivity contribution is 7.89. The Morgan fingerprint density at radius 2 is 1.97 bits per heavy atom. The van der Waals surface area contributed by atoms with Crippen LogP contribution < -0.4 is 4.90 Å². The number of carbonyl (C=O) groups is 1. The zero-order chi connectivity index (χ0) is 24.6. The van der Waals surface area contributed by atoms with E-state index in [4.69, 9.17) is 9.40 Å². The molecular formula is C26H27N3O4S2. The number of thiazole rings is 1. The summed E-state index contributed by atoms with van der Waals surface area (Å²) in [6.07, 6.45) is 2.82. The summed E-state index contributed by atoms with van der Waals surface area (Å²) >= 11 is 1.47. The lowest BCUT2D eigenvalue weighted by Gasteiger charge is -2.33. The Kier molecular flexibility index (Phi) is 6.48. The molecule has 1 atom stereocenters. The molecule has 9 heteroatoms. The molecule has 1 amide bonds. The van der Waals surface area contributed by atoms with Crippen LogP contribution in [-0.4, -0.2) is 36.7 Å². The van der Waals surface area contributed by atoms with Crippen molar-refractivity contribution < 1.29 is 17.6 Å². The number of piperidine rings is 1. The van der Waals surface area contributed by atoms with E-state index in [0.717, 1.165) is 21.3 Å². The maximum absolute atomic E-state index is 13.9. The molecule has 5 rings (SSSR count). The van der Waals surface area contributed by atoms with E-state index in [1.165, 1.54) is 15.6 Å². The molecule has 4 aromatic rings. The molecule has 1 aliphatic heterocycles. The Morgan fingerprint density at radius 1 is 1.17 bits per heavy atom. The number of fused-ring (bicyclic) bond motifs is 1. The fraction of sp³-hybridized carbons (Fsp3) is 0.308. The van der Waals surface area contributed by atoms with E-state index < -0.39 is 15.9 Å². The Bertz CT molecular complexity index is 1450. The first-order valence-electron chi connectivity index (χ1n) is 11.6. The minimum Gasteiger partial charge on any atom is -0.467 e. The predicted octanol–water partition coefficient (Wildman–Crippen LogP) is 5.14. The summed E-state index contributed by atoms with van der Waals surface area (Å²) in [4.78, 5) is 20.6. The number of aryl methyl sites for hydroxylation is 2. The zero-order valence-corrected chi connectivity index (χ0v) is 21.3. The van der Waals surface area contributed by atoms with E-state index in [2.05, 4.69) is 12.1 Å². The Hall–Kier alpha value is -3.01. The molecule has 0 bridgehead atoms. The van der Waals surface area contributed by atoms with Crippen molar-refractivity contribution >= 4 is 42.6 Å². The van der Waals surface area contributed by atoms with Gasteiger partial charge in [0.05, 0.1) is 33.8 Å². The second-order valence-corrected chi connectivity index (χ2v) is 11.9. The van der Waals surface area contributed by atoms with E-state index in [1.54, 1.807) is 47.6 Å². The van der Waals surface area contributed by atoms with Gasteiger partial charge in [-0.1, -0.05) is 35.6 Å². The Balaban J connectivity index is 1.46. The van der Waals surface area contributed by atoms with Gasteiger partial charge in [-0.2, -0.15) is 4.31 Å². The molecule has 1 unspecified atom stereocenters. The van der Waals surface area contributed by atoms with Gasteiger partial charge in [0.2, 0.25) is 15.9 Å². The molecule has 1 fully saturated rings. The number of anilines is 1. The molecule has 0 spiro atoms. The standard InChI is InChI=1S/C26H27N3O4S2/c1-18-14-19(2)24-23(15-18)34-26(27-24)29(17-21-9-7-13-33-21)25(30)20-8-6-12-28(16-20)35(31,32)22-10-4-3-5-11-22/h3-5,7,9-11,13-15,20H,6,8,12,16-17H2,1-2H3. The highest BCUT2D eigenvalue weighted by Crippen LogP contribution is 2.34. The molecule has 0 N–H and O–H groups in total. The molecule has 0 aliphatic carbocycles. The Labute approximate surface area is 209 Å². The van der Waals surface area contributed by atoms with E-state index >= 15 is 0 Å². The lowest BCUT2D eigenvalue weighted by atomic mass is 9.98. The summed E-state index contributed by atoms with van der Waals surface area (Å²) in [6.45, 7) is 4.85. The molecule has 0 saturated carbocycles. The molecule has 1 saturated heterocycles. The molecule has 7 nitrogen and oxygen atoms in total. The first kappa shape index (κ1) is 23.7. The highest BCUT2D eigenvalue weighted by atomic mass is 32.2. The molecular weight excluding hydrogens is 482 g/mol. The van der Waals surface area contributed by atoms with Crippen LogP contribution in [0.1, 0.15) is 29.7 Å². The van der Waals surface area contributed by atoms with Crippen molar-refractivity contribution in [2.24, 2.45) is 5.92 Å². The third kappa shape index (κ3) is 4.76. The van der Waals surface area contributed by atoms with Gasteiger partial charge in [0, 0.05) is 13.1 Å². The van der Waals surface area contributed by atoms with Crippen molar-refractivity contribution in [3.8, 4) is 0 Å². The van der Waals surface area contributed by atoms with Crippen molar-refractivity contribution in [2.45, 2.75) is 38.1 Å². The maximum atomic E-state index is 13.9. The topological polar surface area (TPSA) is 83.7 Å². The monoisotopic (exact) mass is 509 g/mol. The van der Waals surface area contributed by atoms with Crippen LogP contribution in [-0.2, 0) is 21.4 Å². The smallest absolute Gasteiger partial charge is 0.243 e. The van der Waals surface area contributed by atoms with Crippen LogP contribution in [0.15, 0.2) is 70.2 Å². The van der Waals surface area contributed by atoms with Crippen molar-refractivity contribution in [1.29, 1.82) is 0 Å². The molecule has 0 radical (unpaired) electrons. The summed E-state index contributed by atoms with van der Waals surface area (Å²) in [6, 6.07) is 16.2. The lowest BCUT2D eigenvalue weighted by Crippen LogP contribution is -2.46. The number of carbonyl (C=O) groups excluding carboxylic acids is 1. The molecule has 2 aromatic carbocycles. The maximum Gasteiger partial charge on any atom is 0.243 e. The lowest BCUT2D eigenvalue weighted by molar-refractivity contribution is -0.123. The van der Waals surface area contributed by atoms with Gasteiger partial charge in [0.25, 0.3) is 0 Å². The molecule has 3 heterocycles. The largest absolute Gasteiger partial charge is 0.467 e. The van der Waals surface area contributed by atoms with Crippen LogP contribution in [0, 0.1) is 19.8 Å². The van der Waals surface area contributed by atoms with E-state index in [0.29, 0.717) is 30.3 Å². The van der Waals surface area contributed by atoms with Crippen molar-refractivity contribution in [3.05, 3.63) is 77.7 Å². The first-order chi connectivity index (χ1) is 16.8. The van der Waals surface area contributed by atoms with Crippen LogP contribution >= 0.6 is 11.3 Å². The Morgan fingerprint density at radius 3 is 2.71 bits per heavy atom. The molecule has 182 valence electrons. The number of amides is 1. The summed E-state index contributed by atoms with van der Waals surface area (Å²) in [5.74, 6) is 0.0462. The summed E-state index contributed by atoms with van der Waals surface area (Å²) in [7, 11) is -3.67. The van der Waals surface area contributed by atoms with Gasteiger partial charge < -0.3 is 4.42 Å². The van der Waals surface area contributed by atoms with Crippen molar-refractivity contribution in [3.63, 3.8) is 0 Å². The molecule has 2 aromatic heterocycles. The zero-order valence-electron chi connectivity index (χ0n) is 19.7. The minimum absolute atomic E-state index is 0.136. The number of hydrogen-bond donors (Lipinski definition) is 0. The minimum atomic E-state index is -3.67. The quantitative estimate of drug-likeness (QED) is 0.359. The second-order valence-electron chi connectivity index (χ2n) is 8.94. The summed E-state index contributed by atoms with van der Waals surface area (Å²) in [5.41, 5.74) is 3.08. The van der Waals surface area contributed by atoms with Gasteiger partial charge in [-0.05, 0) is 68.1 Å². The second kappa shape index (κ2) is 9.56. The number of sulfonamides is 1. The summed E-state index contributed by atoms with van der Waals surface area (Å²) < 4.78 is 34.4. The fourth-order valence-electron chi connectivity index (χ4n) is 4.60. The van der Waals surface area contributed by atoms with Gasteiger partial charge in [-0.3, -0.25) is 9.69 Å². The van der Waals surface area contributed by atoms with Crippen molar-refractivity contribution in [2.75, 3.05) is 18.0 Å². The van der Waals surface area contributed by atoms with E-state index in [1.807, 2.05) is 19.9 Å². The average molecular weight is 510 g/mol. The summed E-state index contributed by atoms with van der Waals surface area (Å²) in [5, 5.41) is 0.595. The number of rotatable bonds is 6. The van der Waals surface area contributed by atoms with E-state index in [9.17, 15) is 13.2 Å². The molecule has 1 aliphatic rings. The molecule has 35 heavy (non-hydrogen) atoms. The predicted molar refractivity (Wildman–Crippen MR) is 137 cm³/mol. The van der Waals surface area contributed by atoms with Gasteiger partial charge in [-0.25, -0.2) is 13.4 Å². The van der Waals surface area contributed by atoms with Crippen LogP contribution in [0.25, 0.3) is 10.2 Å². The van der Waals surface area contributed by atoms with Gasteiger partial charge in [0.1, 0.15) is 5.76 Å². The highest BCUT2D eigenvalue weighted by Gasteiger charge is 2.36. The van der Waals surface area contributed by atoms with E-state index in [-0.39, 0.29) is 23.9 Å².